The van der Waals surface area contributed by atoms with Gasteiger partial charge in [0.05, 0.1) is 12.2 Å². The van der Waals surface area contributed by atoms with Crippen molar-refractivity contribution in [1.82, 2.24) is 14.8 Å². The van der Waals surface area contributed by atoms with Crippen LogP contribution in [0.1, 0.15) is 31.4 Å². The zero-order valence-corrected chi connectivity index (χ0v) is 18.3. The van der Waals surface area contributed by atoms with Gasteiger partial charge < -0.3 is 10.2 Å². The van der Waals surface area contributed by atoms with Crippen LogP contribution in [0.2, 0.25) is 0 Å². The second-order valence-corrected chi connectivity index (χ2v) is 8.62. The molecular formula is C22H32N4OS. The summed E-state index contributed by atoms with van der Waals surface area (Å²) in [4.78, 5) is 21.8. The number of hydrogen-bond donors (Lipinski definition) is 1. The summed E-state index contributed by atoms with van der Waals surface area (Å²) in [5.74, 6) is 0.702. The van der Waals surface area contributed by atoms with Crippen molar-refractivity contribution in [2.75, 3.05) is 44.6 Å². The number of rotatable bonds is 8. The molecule has 0 aliphatic carbocycles. The van der Waals surface area contributed by atoms with Crippen molar-refractivity contribution in [2.45, 2.75) is 34.1 Å². The molecule has 1 aliphatic heterocycles. The number of hydrogen-bond acceptors (Lipinski definition) is 5. The maximum absolute atomic E-state index is 12.5. The molecular weight excluding hydrogens is 368 g/mol. The number of amides is 1. The highest BCUT2D eigenvalue weighted by Crippen LogP contribution is 2.26. The second kappa shape index (κ2) is 9.63. The number of nitrogens with one attached hydrogen (secondary N) is 1. The molecule has 0 spiro atoms. The van der Waals surface area contributed by atoms with E-state index in [1.807, 2.05) is 5.38 Å². The number of anilines is 1. The van der Waals surface area contributed by atoms with Crippen LogP contribution >= 0.6 is 11.3 Å². The van der Waals surface area contributed by atoms with Crippen LogP contribution in [-0.4, -0.2) is 60.0 Å². The molecule has 1 aromatic carbocycles. The molecule has 1 fully saturated rings. The molecule has 1 N–H and O–H groups in total. The molecule has 1 saturated heterocycles. The number of carbonyl (C=O) groups excluding carboxylic acids is 1. The standard InChI is InChI=1S/C22H32N4OS/c1-5-25(6-2)12-18-9-10-26(13-18)14-21(27)24-22-23-20(15-28-22)19-8-7-16(3)17(4)11-19/h7-8,11,15,18H,5-6,9-10,12-14H2,1-4H3,(H,23,24,27)/t18-/m1/s1. The first-order chi connectivity index (χ1) is 13.5. The highest BCUT2D eigenvalue weighted by atomic mass is 32.1. The number of carbonyl (C=O) groups is 1. The Balaban J connectivity index is 1.50. The molecule has 5 nitrogen and oxygen atoms in total. The Morgan fingerprint density at radius 3 is 2.79 bits per heavy atom. The molecule has 1 atom stereocenters. The van der Waals surface area contributed by atoms with Gasteiger partial charge in [0, 0.05) is 24.0 Å². The zero-order chi connectivity index (χ0) is 20.1. The molecule has 6 heteroatoms. The number of aryl methyl sites for hydroxylation is 2. The Bertz CT molecular complexity index is 800. The Kier molecular flexibility index (Phi) is 7.21. The molecule has 0 bridgehead atoms. The van der Waals surface area contributed by atoms with E-state index in [0.29, 0.717) is 17.6 Å². The van der Waals surface area contributed by atoms with Crippen molar-refractivity contribution in [3.63, 3.8) is 0 Å². The minimum Gasteiger partial charge on any atom is -0.304 e. The first-order valence-electron chi connectivity index (χ1n) is 10.3. The molecule has 1 amide bonds. The van der Waals surface area contributed by atoms with Gasteiger partial charge in [-0.2, -0.15) is 0 Å². The van der Waals surface area contributed by atoms with Crippen molar-refractivity contribution in [1.29, 1.82) is 0 Å². The van der Waals surface area contributed by atoms with E-state index in [-0.39, 0.29) is 5.91 Å². The van der Waals surface area contributed by atoms with Crippen molar-refractivity contribution < 1.29 is 4.79 Å². The zero-order valence-electron chi connectivity index (χ0n) is 17.5. The molecule has 0 saturated carbocycles. The SMILES string of the molecule is CCN(CC)C[C@H]1CCN(CC(=O)Nc2nc(-c3ccc(C)c(C)c3)cs2)C1. The van der Waals surface area contributed by atoms with Crippen LogP contribution in [0, 0.1) is 19.8 Å². The van der Waals surface area contributed by atoms with Crippen LogP contribution in [0.4, 0.5) is 5.13 Å². The average molecular weight is 401 g/mol. The van der Waals surface area contributed by atoms with E-state index in [1.165, 1.54) is 28.9 Å². The summed E-state index contributed by atoms with van der Waals surface area (Å²) in [6, 6.07) is 6.35. The van der Waals surface area contributed by atoms with Crippen LogP contribution in [0.5, 0.6) is 0 Å². The molecule has 152 valence electrons. The summed E-state index contributed by atoms with van der Waals surface area (Å²) in [7, 11) is 0. The lowest BCUT2D eigenvalue weighted by Crippen LogP contribution is -2.34. The van der Waals surface area contributed by atoms with E-state index in [4.69, 9.17) is 0 Å². The predicted octanol–water partition coefficient (Wildman–Crippen LogP) is 4.03. The van der Waals surface area contributed by atoms with Crippen LogP contribution in [0.3, 0.4) is 0 Å². The Morgan fingerprint density at radius 2 is 2.07 bits per heavy atom. The Labute approximate surface area is 172 Å². The lowest BCUT2D eigenvalue weighted by molar-refractivity contribution is -0.117. The van der Waals surface area contributed by atoms with Gasteiger partial charge in [0.1, 0.15) is 0 Å². The second-order valence-electron chi connectivity index (χ2n) is 7.76. The first-order valence-corrected chi connectivity index (χ1v) is 11.1. The van der Waals surface area contributed by atoms with Crippen LogP contribution in [0.25, 0.3) is 11.3 Å². The number of benzene rings is 1. The minimum absolute atomic E-state index is 0.0319. The largest absolute Gasteiger partial charge is 0.304 e. The van der Waals surface area contributed by atoms with E-state index < -0.39 is 0 Å². The maximum atomic E-state index is 12.5. The summed E-state index contributed by atoms with van der Waals surface area (Å²) in [5, 5.41) is 5.67. The van der Waals surface area contributed by atoms with Gasteiger partial charge in [0.2, 0.25) is 5.91 Å². The van der Waals surface area contributed by atoms with Crippen molar-refractivity contribution in [2.24, 2.45) is 5.92 Å². The van der Waals surface area contributed by atoms with Gasteiger partial charge in [0.15, 0.2) is 5.13 Å². The fourth-order valence-electron chi connectivity index (χ4n) is 3.78. The Morgan fingerprint density at radius 1 is 1.29 bits per heavy atom. The monoisotopic (exact) mass is 400 g/mol. The fraction of sp³-hybridized carbons (Fsp3) is 0.545. The van der Waals surface area contributed by atoms with E-state index in [1.54, 1.807) is 0 Å². The predicted molar refractivity (Wildman–Crippen MR) is 118 cm³/mol. The van der Waals surface area contributed by atoms with Gasteiger partial charge in [-0.25, -0.2) is 4.98 Å². The van der Waals surface area contributed by atoms with Crippen molar-refractivity contribution in [3.05, 3.63) is 34.7 Å². The Hall–Kier alpha value is -1.76. The smallest absolute Gasteiger partial charge is 0.240 e. The minimum atomic E-state index is 0.0319. The van der Waals surface area contributed by atoms with Crippen LogP contribution < -0.4 is 5.32 Å². The molecule has 3 rings (SSSR count). The summed E-state index contributed by atoms with van der Waals surface area (Å²) < 4.78 is 0. The van der Waals surface area contributed by atoms with Gasteiger partial charge in [0.25, 0.3) is 0 Å². The normalized spacial score (nSPS) is 17.4. The number of thiazole rings is 1. The molecule has 28 heavy (non-hydrogen) atoms. The maximum Gasteiger partial charge on any atom is 0.240 e. The molecule has 1 aromatic heterocycles. The number of aromatic nitrogens is 1. The topological polar surface area (TPSA) is 48.5 Å². The summed E-state index contributed by atoms with van der Waals surface area (Å²) in [6.07, 6.45) is 1.18. The fourth-order valence-corrected chi connectivity index (χ4v) is 4.51. The summed E-state index contributed by atoms with van der Waals surface area (Å²) in [5.41, 5.74) is 4.55. The average Bonchev–Trinajstić information content (AvgIpc) is 3.31. The lowest BCUT2D eigenvalue weighted by atomic mass is 10.1. The van der Waals surface area contributed by atoms with E-state index in [9.17, 15) is 4.79 Å². The van der Waals surface area contributed by atoms with Gasteiger partial charge in [-0.3, -0.25) is 9.69 Å². The number of likely N-dealkylation sites (tertiary alicyclic amines) is 1. The van der Waals surface area contributed by atoms with Gasteiger partial charge in [-0.1, -0.05) is 26.0 Å². The van der Waals surface area contributed by atoms with Crippen LogP contribution in [-0.2, 0) is 4.79 Å². The highest BCUT2D eigenvalue weighted by Gasteiger charge is 2.25. The molecule has 2 aromatic rings. The van der Waals surface area contributed by atoms with E-state index >= 15 is 0 Å². The van der Waals surface area contributed by atoms with E-state index in [2.05, 4.69) is 66.0 Å². The van der Waals surface area contributed by atoms with Gasteiger partial charge in [-0.05, 0) is 63.0 Å². The van der Waals surface area contributed by atoms with Crippen molar-refractivity contribution >= 4 is 22.4 Å². The lowest BCUT2D eigenvalue weighted by Gasteiger charge is -2.22. The third-order valence-electron chi connectivity index (χ3n) is 5.70. The third-order valence-corrected chi connectivity index (χ3v) is 6.46. The summed E-state index contributed by atoms with van der Waals surface area (Å²) >= 11 is 1.49. The molecule has 2 heterocycles. The molecule has 0 unspecified atom stereocenters. The molecule has 0 radical (unpaired) electrons. The third kappa shape index (κ3) is 5.40. The van der Waals surface area contributed by atoms with Crippen molar-refractivity contribution in [3.8, 4) is 11.3 Å². The highest BCUT2D eigenvalue weighted by molar-refractivity contribution is 7.14. The quantitative estimate of drug-likeness (QED) is 0.727. The van der Waals surface area contributed by atoms with E-state index in [0.717, 1.165) is 44.0 Å². The number of nitrogens with zero attached hydrogens (tertiary/aromatic N) is 3. The summed E-state index contributed by atoms with van der Waals surface area (Å²) in [6.45, 7) is 14.4. The molecule has 1 aliphatic rings. The van der Waals surface area contributed by atoms with Gasteiger partial charge in [-0.15, -0.1) is 11.3 Å². The first kappa shape index (κ1) is 21.0. The van der Waals surface area contributed by atoms with Crippen LogP contribution in [0.15, 0.2) is 23.6 Å². The van der Waals surface area contributed by atoms with Gasteiger partial charge >= 0.3 is 0 Å².